The summed E-state index contributed by atoms with van der Waals surface area (Å²) >= 11 is 0. The van der Waals surface area contributed by atoms with Crippen molar-refractivity contribution in [2.45, 2.75) is 6.54 Å². The Kier molecular flexibility index (Phi) is 3.50. The van der Waals surface area contributed by atoms with Crippen LogP contribution in [0.4, 0.5) is 8.78 Å². The van der Waals surface area contributed by atoms with Crippen LogP contribution in [0, 0.1) is 11.6 Å². The lowest BCUT2D eigenvalue weighted by Crippen LogP contribution is -2.11. The average Bonchev–Trinajstić information content (AvgIpc) is 2.92. The molecule has 0 atom stereocenters. The van der Waals surface area contributed by atoms with Crippen molar-refractivity contribution >= 4 is 27.7 Å². The van der Waals surface area contributed by atoms with Gasteiger partial charge in [-0.3, -0.25) is 4.79 Å². The standard InChI is InChI=1S/C20H14F2N2O/c21-15-9-8-12(10-16(15)22)11-24-17-6-2-1-4-13(17)19-14(20(23)25)5-3-7-18(19)24/h1-10H,11H2,(H2,23,25). The van der Waals surface area contributed by atoms with E-state index in [9.17, 15) is 13.6 Å². The van der Waals surface area contributed by atoms with Gasteiger partial charge in [-0.25, -0.2) is 8.78 Å². The molecule has 1 amide bonds. The highest BCUT2D eigenvalue weighted by Gasteiger charge is 2.16. The predicted octanol–water partition coefficient (Wildman–Crippen LogP) is 4.22. The number of carbonyl (C=O) groups excluding carboxylic acids is 1. The van der Waals surface area contributed by atoms with Crippen LogP contribution in [0.3, 0.4) is 0 Å². The van der Waals surface area contributed by atoms with E-state index >= 15 is 0 Å². The Labute approximate surface area is 142 Å². The predicted molar refractivity (Wildman–Crippen MR) is 93.4 cm³/mol. The van der Waals surface area contributed by atoms with E-state index < -0.39 is 17.5 Å². The van der Waals surface area contributed by atoms with E-state index in [1.807, 2.05) is 34.9 Å². The third-order valence-corrected chi connectivity index (χ3v) is 4.39. The third-order valence-electron chi connectivity index (χ3n) is 4.39. The van der Waals surface area contributed by atoms with E-state index in [1.54, 1.807) is 18.2 Å². The second-order valence-corrected chi connectivity index (χ2v) is 5.92. The molecule has 0 aliphatic heterocycles. The largest absolute Gasteiger partial charge is 0.366 e. The van der Waals surface area contributed by atoms with Gasteiger partial charge in [0.2, 0.25) is 5.91 Å². The van der Waals surface area contributed by atoms with E-state index in [0.717, 1.165) is 27.9 Å². The molecular weight excluding hydrogens is 322 g/mol. The number of nitrogens with two attached hydrogens (primary N) is 1. The fourth-order valence-electron chi connectivity index (χ4n) is 3.29. The van der Waals surface area contributed by atoms with Gasteiger partial charge in [0, 0.05) is 28.4 Å². The number of hydrogen-bond acceptors (Lipinski definition) is 1. The molecule has 3 nitrogen and oxygen atoms in total. The molecule has 0 saturated carbocycles. The maximum atomic E-state index is 13.6. The fourth-order valence-corrected chi connectivity index (χ4v) is 3.29. The molecule has 1 aromatic heterocycles. The molecular formula is C20H14F2N2O. The average molecular weight is 336 g/mol. The van der Waals surface area contributed by atoms with Gasteiger partial charge in [-0.15, -0.1) is 0 Å². The zero-order chi connectivity index (χ0) is 17.6. The van der Waals surface area contributed by atoms with Gasteiger partial charge in [0.05, 0.1) is 5.52 Å². The molecule has 4 aromatic rings. The quantitative estimate of drug-likeness (QED) is 0.598. The molecule has 5 heteroatoms. The van der Waals surface area contributed by atoms with Crippen molar-refractivity contribution in [3.05, 3.63) is 83.4 Å². The van der Waals surface area contributed by atoms with Gasteiger partial charge < -0.3 is 10.3 Å². The zero-order valence-corrected chi connectivity index (χ0v) is 13.2. The molecule has 1 heterocycles. The maximum Gasteiger partial charge on any atom is 0.249 e. The van der Waals surface area contributed by atoms with Crippen LogP contribution in [0.1, 0.15) is 15.9 Å². The highest BCUT2D eigenvalue weighted by Crippen LogP contribution is 2.32. The van der Waals surface area contributed by atoms with Crippen LogP contribution in [0.15, 0.2) is 60.7 Å². The number of halogens is 2. The number of para-hydroxylation sites is 1. The molecule has 0 aliphatic carbocycles. The van der Waals surface area contributed by atoms with Crippen LogP contribution in [0.25, 0.3) is 21.8 Å². The van der Waals surface area contributed by atoms with E-state index in [1.165, 1.54) is 6.07 Å². The highest BCUT2D eigenvalue weighted by atomic mass is 19.2. The van der Waals surface area contributed by atoms with Crippen molar-refractivity contribution in [1.29, 1.82) is 0 Å². The van der Waals surface area contributed by atoms with Crippen molar-refractivity contribution in [3.8, 4) is 0 Å². The lowest BCUT2D eigenvalue weighted by Gasteiger charge is -2.08. The fraction of sp³-hybridized carbons (Fsp3) is 0.0500. The SMILES string of the molecule is NC(=O)c1cccc2c1c1ccccc1n2Cc1ccc(F)c(F)c1. The first-order chi connectivity index (χ1) is 12.1. The summed E-state index contributed by atoms with van der Waals surface area (Å²) in [6, 6.07) is 16.8. The Morgan fingerprint density at radius 1 is 0.920 bits per heavy atom. The van der Waals surface area contributed by atoms with Gasteiger partial charge in [0.25, 0.3) is 0 Å². The van der Waals surface area contributed by atoms with Crippen molar-refractivity contribution in [3.63, 3.8) is 0 Å². The van der Waals surface area contributed by atoms with Gasteiger partial charge in [-0.1, -0.05) is 30.3 Å². The molecule has 0 aliphatic rings. The first-order valence-electron chi connectivity index (χ1n) is 7.80. The summed E-state index contributed by atoms with van der Waals surface area (Å²) in [6.45, 7) is 0.351. The number of carbonyl (C=O) groups is 1. The Morgan fingerprint density at radius 2 is 1.68 bits per heavy atom. The Hall–Kier alpha value is -3.21. The van der Waals surface area contributed by atoms with Gasteiger partial charge in [-0.2, -0.15) is 0 Å². The number of nitrogens with zero attached hydrogens (tertiary/aromatic N) is 1. The number of hydrogen-bond donors (Lipinski definition) is 1. The highest BCUT2D eigenvalue weighted by molar-refractivity contribution is 6.17. The first-order valence-corrected chi connectivity index (χ1v) is 7.80. The molecule has 0 fully saturated rings. The summed E-state index contributed by atoms with van der Waals surface area (Å²) in [6.07, 6.45) is 0. The number of benzene rings is 3. The second kappa shape index (κ2) is 5.70. The minimum absolute atomic E-state index is 0.351. The van der Waals surface area contributed by atoms with Crippen LogP contribution < -0.4 is 5.73 Å². The molecule has 124 valence electrons. The Bertz CT molecular complexity index is 1130. The van der Waals surface area contributed by atoms with Gasteiger partial charge >= 0.3 is 0 Å². The number of primary amides is 1. The molecule has 2 N–H and O–H groups in total. The van der Waals surface area contributed by atoms with Gasteiger partial charge in [0.1, 0.15) is 0 Å². The van der Waals surface area contributed by atoms with E-state index in [0.29, 0.717) is 17.7 Å². The van der Waals surface area contributed by atoms with Crippen LogP contribution in [-0.4, -0.2) is 10.5 Å². The van der Waals surface area contributed by atoms with Crippen LogP contribution in [0.5, 0.6) is 0 Å². The third kappa shape index (κ3) is 2.45. The zero-order valence-electron chi connectivity index (χ0n) is 13.2. The molecule has 25 heavy (non-hydrogen) atoms. The summed E-state index contributed by atoms with van der Waals surface area (Å²) in [5.41, 5.74) is 8.32. The van der Waals surface area contributed by atoms with Crippen LogP contribution in [0.2, 0.25) is 0 Å². The molecule has 0 saturated heterocycles. The summed E-state index contributed by atoms with van der Waals surface area (Å²) in [4.78, 5) is 11.8. The summed E-state index contributed by atoms with van der Waals surface area (Å²) < 4.78 is 28.7. The number of fused-ring (bicyclic) bond motifs is 3. The topological polar surface area (TPSA) is 48.0 Å². The molecule has 0 bridgehead atoms. The first kappa shape index (κ1) is 15.3. The Morgan fingerprint density at radius 3 is 2.44 bits per heavy atom. The van der Waals surface area contributed by atoms with E-state index in [-0.39, 0.29) is 0 Å². The summed E-state index contributed by atoms with van der Waals surface area (Å²) in [5.74, 6) is -2.25. The van der Waals surface area contributed by atoms with Crippen molar-refractivity contribution in [2.24, 2.45) is 5.73 Å². The maximum absolute atomic E-state index is 13.6. The lowest BCUT2D eigenvalue weighted by atomic mass is 10.1. The second-order valence-electron chi connectivity index (χ2n) is 5.92. The number of amides is 1. The smallest absolute Gasteiger partial charge is 0.249 e. The van der Waals surface area contributed by atoms with Crippen molar-refractivity contribution in [1.82, 2.24) is 4.57 Å². The molecule has 4 rings (SSSR count). The van der Waals surface area contributed by atoms with Crippen molar-refractivity contribution < 1.29 is 13.6 Å². The molecule has 0 unspecified atom stereocenters. The van der Waals surface area contributed by atoms with E-state index in [2.05, 4.69) is 0 Å². The van der Waals surface area contributed by atoms with E-state index in [4.69, 9.17) is 5.73 Å². The summed E-state index contributed by atoms with van der Waals surface area (Å²) in [5, 5.41) is 1.67. The van der Waals surface area contributed by atoms with Crippen molar-refractivity contribution in [2.75, 3.05) is 0 Å². The number of aromatic nitrogens is 1. The number of rotatable bonds is 3. The molecule has 3 aromatic carbocycles. The van der Waals surface area contributed by atoms with Gasteiger partial charge in [-0.05, 0) is 35.9 Å². The van der Waals surface area contributed by atoms with Crippen LogP contribution >= 0.6 is 0 Å². The van der Waals surface area contributed by atoms with Crippen LogP contribution in [-0.2, 0) is 6.54 Å². The normalized spacial score (nSPS) is 11.3. The molecule has 0 spiro atoms. The monoisotopic (exact) mass is 336 g/mol. The minimum atomic E-state index is -0.879. The lowest BCUT2D eigenvalue weighted by molar-refractivity contribution is 0.100. The minimum Gasteiger partial charge on any atom is -0.366 e. The molecule has 0 radical (unpaired) electrons. The summed E-state index contributed by atoms with van der Waals surface area (Å²) in [7, 11) is 0. The van der Waals surface area contributed by atoms with Gasteiger partial charge in [0.15, 0.2) is 11.6 Å². The Balaban J connectivity index is 2.00.